The number of hydrogen-bond acceptors (Lipinski definition) is 3. The molecule has 0 saturated heterocycles. The first-order chi connectivity index (χ1) is 6.36. The maximum atomic E-state index is 6.02. The van der Waals surface area contributed by atoms with Crippen LogP contribution in [-0.2, 0) is 0 Å². The lowest BCUT2D eigenvalue weighted by molar-refractivity contribution is 0.414. The summed E-state index contributed by atoms with van der Waals surface area (Å²) in [5.41, 5.74) is 7.05. The van der Waals surface area contributed by atoms with E-state index >= 15 is 0 Å². The highest BCUT2D eigenvalue weighted by Crippen LogP contribution is 2.31. The standard InChI is InChI=1S/C10H16N2O/c11-10(9-6-12-13-7-9)5-8-3-1-2-4-8/h6-8,10H,1-5,11H2. The summed E-state index contributed by atoms with van der Waals surface area (Å²) in [5, 5.41) is 3.66. The SMILES string of the molecule is NC(CC1CCCC1)c1cnoc1. The molecular weight excluding hydrogens is 164 g/mol. The topological polar surface area (TPSA) is 52.0 Å². The molecular formula is C10H16N2O. The zero-order valence-corrected chi connectivity index (χ0v) is 7.78. The van der Waals surface area contributed by atoms with Crippen LogP contribution in [0.2, 0.25) is 0 Å². The van der Waals surface area contributed by atoms with Gasteiger partial charge in [0.05, 0.1) is 6.20 Å². The molecule has 2 rings (SSSR count). The van der Waals surface area contributed by atoms with Crippen LogP contribution in [-0.4, -0.2) is 5.16 Å². The maximum Gasteiger partial charge on any atom is 0.128 e. The highest BCUT2D eigenvalue weighted by molar-refractivity contribution is 5.06. The second-order valence-corrected chi connectivity index (χ2v) is 3.95. The third-order valence-electron chi connectivity index (χ3n) is 2.94. The Morgan fingerprint density at radius 3 is 2.92 bits per heavy atom. The van der Waals surface area contributed by atoms with Gasteiger partial charge in [-0.05, 0) is 12.3 Å². The summed E-state index contributed by atoms with van der Waals surface area (Å²) in [7, 11) is 0. The van der Waals surface area contributed by atoms with Crippen molar-refractivity contribution >= 4 is 0 Å². The van der Waals surface area contributed by atoms with E-state index in [1.54, 1.807) is 12.5 Å². The van der Waals surface area contributed by atoms with Crippen molar-refractivity contribution in [1.29, 1.82) is 0 Å². The van der Waals surface area contributed by atoms with E-state index in [0.29, 0.717) is 0 Å². The zero-order chi connectivity index (χ0) is 9.10. The second kappa shape index (κ2) is 3.92. The van der Waals surface area contributed by atoms with Gasteiger partial charge in [0.25, 0.3) is 0 Å². The Kier molecular flexibility index (Phi) is 2.64. The Hall–Kier alpha value is -0.830. The van der Waals surface area contributed by atoms with Crippen LogP contribution in [0.15, 0.2) is 17.0 Å². The van der Waals surface area contributed by atoms with Crippen molar-refractivity contribution < 1.29 is 4.52 Å². The van der Waals surface area contributed by atoms with Crippen molar-refractivity contribution in [1.82, 2.24) is 5.16 Å². The van der Waals surface area contributed by atoms with Gasteiger partial charge >= 0.3 is 0 Å². The minimum Gasteiger partial charge on any atom is -0.364 e. The maximum absolute atomic E-state index is 6.02. The Morgan fingerprint density at radius 2 is 2.31 bits per heavy atom. The molecule has 1 aliphatic rings. The highest BCUT2D eigenvalue weighted by atomic mass is 16.5. The first kappa shape index (κ1) is 8.75. The smallest absolute Gasteiger partial charge is 0.128 e. The van der Waals surface area contributed by atoms with Gasteiger partial charge in [0.15, 0.2) is 0 Å². The average molecular weight is 180 g/mol. The van der Waals surface area contributed by atoms with Crippen molar-refractivity contribution in [2.45, 2.75) is 38.1 Å². The molecule has 1 aromatic heterocycles. The van der Waals surface area contributed by atoms with Crippen LogP contribution in [0, 0.1) is 5.92 Å². The molecule has 13 heavy (non-hydrogen) atoms. The van der Waals surface area contributed by atoms with Crippen molar-refractivity contribution in [3.63, 3.8) is 0 Å². The predicted octanol–water partition coefficient (Wildman–Crippen LogP) is 2.25. The molecule has 1 unspecified atom stereocenters. The lowest BCUT2D eigenvalue weighted by Crippen LogP contribution is -2.13. The fraction of sp³-hybridized carbons (Fsp3) is 0.700. The molecule has 3 nitrogen and oxygen atoms in total. The molecule has 0 bridgehead atoms. The van der Waals surface area contributed by atoms with E-state index in [2.05, 4.69) is 5.16 Å². The van der Waals surface area contributed by atoms with Gasteiger partial charge in [-0.15, -0.1) is 0 Å². The minimum atomic E-state index is 0.120. The molecule has 1 saturated carbocycles. The monoisotopic (exact) mass is 180 g/mol. The molecule has 1 aliphatic carbocycles. The van der Waals surface area contributed by atoms with Crippen LogP contribution in [0.1, 0.15) is 43.7 Å². The van der Waals surface area contributed by atoms with E-state index in [1.807, 2.05) is 0 Å². The lowest BCUT2D eigenvalue weighted by Gasteiger charge is -2.13. The molecule has 1 fully saturated rings. The Labute approximate surface area is 78.3 Å². The molecule has 1 aromatic rings. The van der Waals surface area contributed by atoms with Gasteiger partial charge < -0.3 is 10.3 Å². The molecule has 0 aromatic carbocycles. The number of nitrogens with two attached hydrogens (primary N) is 1. The van der Waals surface area contributed by atoms with Crippen molar-refractivity contribution in [3.8, 4) is 0 Å². The molecule has 72 valence electrons. The summed E-state index contributed by atoms with van der Waals surface area (Å²) in [6.07, 6.45) is 9.90. The van der Waals surface area contributed by atoms with Crippen LogP contribution in [0.25, 0.3) is 0 Å². The normalized spacial score (nSPS) is 20.7. The van der Waals surface area contributed by atoms with Crippen LogP contribution >= 0.6 is 0 Å². The van der Waals surface area contributed by atoms with E-state index in [9.17, 15) is 0 Å². The summed E-state index contributed by atoms with van der Waals surface area (Å²) >= 11 is 0. The fourth-order valence-electron chi connectivity index (χ4n) is 2.14. The number of aromatic nitrogens is 1. The summed E-state index contributed by atoms with van der Waals surface area (Å²) in [4.78, 5) is 0. The summed E-state index contributed by atoms with van der Waals surface area (Å²) in [6, 6.07) is 0.120. The molecule has 2 N–H and O–H groups in total. The van der Waals surface area contributed by atoms with E-state index < -0.39 is 0 Å². The van der Waals surface area contributed by atoms with Gasteiger partial charge in [0, 0.05) is 11.6 Å². The first-order valence-corrected chi connectivity index (χ1v) is 5.01. The van der Waals surface area contributed by atoms with E-state index in [4.69, 9.17) is 10.3 Å². The van der Waals surface area contributed by atoms with E-state index in [1.165, 1.54) is 25.7 Å². The Balaban J connectivity index is 1.87. The molecule has 0 spiro atoms. The molecule has 1 heterocycles. The van der Waals surface area contributed by atoms with Gasteiger partial charge in [-0.3, -0.25) is 0 Å². The number of nitrogens with zero attached hydrogens (tertiary/aromatic N) is 1. The van der Waals surface area contributed by atoms with Gasteiger partial charge in [-0.2, -0.15) is 0 Å². The van der Waals surface area contributed by atoms with Crippen LogP contribution < -0.4 is 5.73 Å². The zero-order valence-electron chi connectivity index (χ0n) is 7.78. The van der Waals surface area contributed by atoms with Gasteiger partial charge in [-0.25, -0.2) is 0 Å². The van der Waals surface area contributed by atoms with Crippen LogP contribution in [0.3, 0.4) is 0 Å². The van der Waals surface area contributed by atoms with Gasteiger partial charge in [0.1, 0.15) is 6.26 Å². The number of hydrogen-bond donors (Lipinski definition) is 1. The third-order valence-corrected chi connectivity index (χ3v) is 2.94. The van der Waals surface area contributed by atoms with E-state index in [0.717, 1.165) is 17.9 Å². The molecule has 0 amide bonds. The first-order valence-electron chi connectivity index (χ1n) is 5.01. The average Bonchev–Trinajstić information content (AvgIpc) is 2.74. The fourth-order valence-corrected chi connectivity index (χ4v) is 2.14. The molecule has 3 heteroatoms. The van der Waals surface area contributed by atoms with Crippen molar-refractivity contribution in [2.24, 2.45) is 11.7 Å². The molecule has 1 atom stereocenters. The second-order valence-electron chi connectivity index (χ2n) is 3.95. The highest BCUT2D eigenvalue weighted by Gasteiger charge is 2.19. The Bertz CT molecular complexity index is 239. The summed E-state index contributed by atoms with van der Waals surface area (Å²) in [6.45, 7) is 0. The minimum absolute atomic E-state index is 0.120. The third kappa shape index (κ3) is 2.10. The van der Waals surface area contributed by atoms with E-state index in [-0.39, 0.29) is 6.04 Å². The van der Waals surface area contributed by atoms with Gasteiger partial charge in [-0.1, -0.05) is 30.8 Å². The lowest BCUT2D eigenvalue weighted by atomic mass is 9.96. The van der Waals surface area contributed by atoms with Gasteiger partial charge in [0.2, 0.25) is 0 Å². The Morgan fingerprint density at radius 1 is 1.54 bits per heavy atom. The predicted molar refractivity (Wildman–Crippen MR) is 50.0 cm³/mol. The summed E-state index contributed by atoms with van der Waals surface area (Å²) < 4.78 is 4.77. The largest absolute Gasteiger partial charge is 0.364 e. The van der Waals surface area contributed by atoms with Crippen LogP contribution in [0.5, 0.6) is 0 Å². The molecule has 0 radical (unpaired) electrons. The van der Waals surface area contributed by atoms with Crippen molar-refractivity contribution in [3.05, 3.63) is 18.0 Å². The van der Waals surface area contributed by atoms with Crippen LogP contribution in [0.4, 0.5) is 0 Å². The quantitative estimate of drug-likeness (QED) is 0.776. The summed E-state index contributed by atoms with van der Waals surface area (Å²) in [5.74, 6) is 0.824. The van der Waals surface area contributed by atoms with Crippen molar-refractivity contribution in [2.75, 3.05) is 0 Å². The number of rotatable bonds is 3. The molecule has 0 aliphatic heterocycles.